The van der Waals surface area contributed by atoms with Gasteiger partial charge in [-0.15, -0.1) is 4.37 Å². The summed E-state index contributed by atoms with van der Waals surface area (Å²) in [5.41, 5.74) is 4.57. The van der Waals surface area contributed by atoms with Crippen LogP contribution in [-0.2, 0) is 9.53 Å². The molecule has 10 atom stereocenters. The highest BCUT2D eigenvalue weighted by atomic mass is 32.3. The molecule has 336 valence electrons. The molecule has 5 fully saturated rings. The molecule has 7 aliphatic rings. The molecule has 1 aromatic heterocycles. The van der Waals surface area contributed by atoms with E-state index in [1.165, 1.54) is 79.6 Å². The zero-order valence-corrected chi connectivity index (χ0v) is 40.5. The van der Waals surface area contributed by atoms with E-state index < -0.39 is 16.0 Å². The average molecular weight is 885 g/mol. The van der Waals surface area contributed by atoms with Crippen LogP contribution in [0, 0.1) is 56.7 Å². The lowest BCUT2D eigenvalue weighted by Gasteiger charge is -2.72. The Labute approximate surface area is 371 Å². The van der Waals surface area contributed by atoms with Crippen LogP contribution in [0.5, 0.6) is 6.01 Å². The van der Waals surface area contributed by atoms with Gasteiger partial charge in [-0.1, -0.05) is 70.7 Å². The topological polar surface area (TPSA) is 117 Å². The van der Waals surface area contributed by atoms with Gasteiger partial charge in [0, 0.05) is 31.7 Å². The van der Waals surface area contributed by atoms with Crippen LogP contribution < -0.4 is 10.1 Å². The molecule has 4 saturated carbocycles. The van der Waals surface area contributed by atoms with Crippen molar-refractivity contribution in [2.24, 2.45) is 56.7 Å². The first kappa shape index (κ1) is 45.2. The van der Waals surface area contributed by atoms with Gasteiger partial charge in [-0.3, -0.25) is 18.8 Å². The molecule has 0 bridgehead atoms. The second kappa shape index (κ2) is 16.5. The van der Waals surface area contributed by atoms with Gasteiger partial charge in [0.15, 0.2) is 4.34 Å². The van der Waals surface area contributed by atoms with Crippen LogP contribution >= 0.6 is 33.9 Å². The van der Waals surface area contributed by atoms with E-state index in [0.717, 1.165) is 43.4 Å². The van der Waals surface area contributed by atoms with Crippen LogP contribution in [0.1, 0.15) is 126 Å². The molecule has 1 aliphatic heterocycles. The van der Waals surface area contributed by atoms with E-state index in [-0.39, 0.29) is 39.8 Å². The van der Waals surface area contributed by atoms with Gasteiger partial charge in [0.2, 0.25) is 0 Å². The van der Waals surface area contributed by atoms with Gasteiger partial charge in [-0.05, 0) is 171 Å². The van der Waals surface area contributed by atoms with Crippen molar-refractivity contribution in [3.8, 4) is 6.01 Å². The number of allylic oxidation sites excluding steroid dienone is 5. The Balaban J connectivity index is 1.01. The Bertz CT molecular complexity index is 1850. The molecule has 0 amide bonds. The maximum Gasteiger partial charge on any atom is 0.329 e. The number of ether oxygens (including phenoxy) is 2. The van der Waals surface area contributed by atoms with Crippen LogP contribution in [0.4, 0.5) is 0 Å². The van der Waals surface area contributed by atoms with Gasteiger partial charge < -0.3 is 14.8 Å². The highest BCUT2D eigenvalue weighted by Crippen LogP contribution is 2.76. The third-order valence-corrected chi connectivity index (χ3v) is 22.1. The number of fused-ring (bicyclic) bond motifs is 7. The van der Waals surface area contributed by atoms with Crippen LogP contribution in [0.25, 0.3) is 0 Å². The summed E-state index contributed by atoms with van der Waals surface area (Å²) in [6.07, 6.45) is 20.5. The molecule has 1 aromatic rings. The van der Waals surface area contributed by atoms with Crippen molar-refractivity contribution in [1.29, 1.82) is 0 Å². The summed E-state index contributed by atoms with van der Waals surface area (Å²) in [6.45, 7) is 26.2. The highest BCUT2D eigenvalue weighted by Gasteiger charge is 2.70. The molecule has 12 heteroatoms. The molecular weight excluding hydrogens is 809 g/mol. The van der Waals surface area contributed by atoms with E-state index in [1.807, 2.05) is 13.2 Å². The number of thioether (sulfide) groups is 1. The van der Waals surface area contributed by atoms with Crippen molar-refractivity contribution < 1.29 is 23.4 Å². The van der Waals surface area contributed by atoms with Crippen LogP contribution in [0.2, 0.25) is 0 Å². The molecule has 0 radical (unpaired) electrons. The second-order valence-corrected chi connectivity index (χ2v) is 25.9. The first-order valence-corrected chi connectivity index (χ1v) is 27.2. The van der Waals surface area contributed by atoms with Gasteiger partial charge >= 0.3 is 12.0 Å². The third kappa shape index (κ3) is 7.51. The maximum absolute atomic E-state index is 13.6. The fourth-order valence-corrected chi connectivity index (χ4v) is 17.7. The zero-order chi connectivity index (χ0) is 42.9. The van der Waals surface area contributed by atoms with E-state index >= 15 is 0 Å². The molecule has 1 unspecified atom stereocenters. The Morgan fingerprint density at radius 1 is 1.00 bits per heavy atom. The molecule has 0 aromatic carbocycles. The molecular formula is C48H76N4O5S3. The minimum absolute atomic E-state index is 0.0325. The fourth-order valence-electron chi connectivity index (χ4n) is 15.4. The molecule has 1 saturated heterocycles. The Morgan fingerprint density at radius 2 is 1.77 bits per heavy atom. The first-order valence-electron chi connectivity index (χ1n) is 23.3. The van der Waals surface area contributed by atoms with Crippen LogP contribution in [0.3, 0.4) is 0 Å². The monoisotopic (exact) mass is 884 g/mol. The van der Waals surface area contributed by atoms with Crippen molar-refractivity contribution in [2.75, 3.05) is 57.2 Å². The normalized spacial score (nSPS) is 41.4. The van der Waals surface area contributed by atoms with E-state index in [0.29, 0.717) is 66.6 Å². The molecule has 6 aliphatic carbocycles. The number of aromatic nitrogens is 2. The molecule has 2 heterocycles. The van der Waals surface area contributed by atoms with Gasteiger partial charge in [0.1, 0.15) is 12.0 Å². The standard InChI is InChI=1S/C48H76N4O5S3/c1-10-56-40(53)47(31-57-41-50-42(58-9)59-51-41)20-13-33(14-21-47)35-16-18-44(6)37(43(35,4)5)17-19-46(8)38(44)12-11-36-39-34(32(2)3)15-22-48(39,24-23-45(36,46)7)49-25-26-52-27-29-60(54,55)30-28-52/h13,16,34,36-39,49,54-55H,2,10-12,14-15,17-31H2,1,3-9H3/t34-,36+,37-,38+,39+,44-,45+,46+,47?,48-/m0/s1. The van der Waals surface area contributed by atoms with Crippen molar-refractivity contribution in [3.05, 3.63) is 35.5 Å². The summed E-state index contributed by atoms with van der Waals surface area (Å²) in [5.74, 6) is 4.02. The van der Waals surface area contributed by atoms with Gasteiger partial charge in [0.05, 0.1) is 18.1 Å². The lowest BCUT2D eigenvalue weighted by Crippen LogP contribution is -2.68. The van der Waals surface area contributed by atoms with E-state index in [1.54, 1.807) is 11.8 Å². The van der Waals surface area contributed by atoms with Crippen molar-refractivity contribution in [3.63, 3.8) is 0 Å². The van der Waals surface area contributed by atoms with Gasteiger partial charge in [-0.25, -0.2) is 0 Å². The number of esters is 1. The van der Waals surface area contributed by atoms with Crippen molar-refractivity contribution in [2.45, 2.75) is 135 Å². The van der Waals surface area contributed by atoms with E-state index in [4.69, 9.17) is 9.47 Å². The summed E-state index contributed by atoms with van der Waals surface area (Å²) in [5, 5.41) is 4.27. The smallest absolute Gasteiger partial charge is 0.329 e. The fraction of sp³-hybridized carbons (Fsp3) is 0.812. The van der Waals surface area contributed by atoms with E-state index in [2.05, 4.69) is 79.8 Å². The number of rotatable bonds is 12. The SMILES string of the molecule is C=C(C)[C@@H]1CC[C@]2(NCCN3CCS(O)(O)CC3)CC[C@]3(C)[C@H](CC[C@@H]4[C@@]5(C)CC=C(C6=CCC(COc7nsc(SC)n7)(C(=O)OCC)CC6)C(C)(C)[C@@H]5CC[C@]43C)[C@@H]12. The molecule has 3 N–H and O–H groups in total. The van der Waals surface area contributed by atoms with Crippen molar-refractivity contribution >= 4 is 39.9 Å². The number of carbonyl (C=O) groups is 1. The zero-order valence-electron chi connectivity index (χ0n) is 38.1. The minimum atomic E-state index is -2.37. The number of hydrogen-bond donors (Lipinski definition) is 3. The minimum Gasteiger partial charge on any atom is -0.465 e. The average Bonchev–Trinajstić information content (AvgIpc) is 3.84. The number of nitrogens with one attached hydrogen (secondary N) is 1. The maximum atomic E-state index is 13.6. The van der Waals surface area contributed by atoms with Crippen LogP contribution in [-0.4, -0.2) is 92.0 Å². The molecule has 8 rings (SSSR count). The summed E-state index contributed by atoms with van der Waals surface area (Å²) < 4.78 is 37.4. The number of nitrogens with zero attached hydrogens (tertiary/aromatic N) is 3. The Morgan fingerprint density at radius 3 is 2.43 bits per heavy atom. The predicted molar refractivity (Wildman–Crippen MR) is 248 cm³/mol. The summed E-state index contributed by atoms with van der Waals surface area (Å²) >= 11 is 2.88. The Hall–Kier alpha value is -1.41. The number of carbonyl (C=O) groups excluding carboxylic acids is 1. The second-order valence-electron chi connectivity index (χ2n) is 21.6. The Kier molecular flexibility index (Phi) is 12.5. The largest absolute Gasteiger partial charge is 0.465 e. The lowest BCUT2D eigenvalue weighted by atomic mass is 9.33. The van der Waals surface area contributed by atoms with Gasteiger partial charge in [0.25, 0.3) is 0 Å². The van der Waals surface area contributed by atoms with E-state index in [9.17, 15) is 13.9 Å². The highest BCUT2D eigenvalue weighted by molar-refractivity contribution is 8.24. The molecule has 0 spiro atoms. The molecule has 60 heavy (non-hydrogen) atoms. The molecule has 9 nitrogen and oxygen atoms in total. The number of hydrogen-bond acceptors (Lipinski definition) is 11. The summed E-state index contributed by atoms with van der Waals surface area (Å²) in [7, 11) is -2.37. The third-order valence-electron chi connectivity index (χ3n) is 18.7. The predicted octanol–water partition coefficient (Wildman–Crippen LogP) is 10.9. The lowest BCUT2D eigenvalue weighted by molar-refractivity contribution is -0.221. The van der Waals surface area contributed by atoms with Crippen LogP contribution in [0.15, 0.2) is 39.8 Å². The summed E-state index contributed by atoms with van der Waals surface area (Å²) in [6, 6.07) is 0.350. The first-order chi connectivity index (χ1) is 28.4. The van der Waals surface area contributed by atoms with Gasteiger partial charge in [-0.2, -0.15) is 15.6 Å². The quantitative estimate of drug-likeness (QED) is 0.106. The van der Waals surface area contributed by atoms with Crippen molar-refractivity contribution in [1.82, 2.24) is 19.6 Å². The summed E-state index contributed by atoms with van der Waals surface area (Å²) in [4.78, 5) is 20.5.